The van der Waals surface area contributed by atoms with E-state index in [1.54, 1.807) is 5.31 Å². The largest absolute Gasteiger partial charge is 1.00 e. The van der Waals surface area contributed by atoms with Crippen molar-refractivity contribution in [1.29, 1.82) is 0 Å². The first kappa shape index (κ1) is 26.8. The molecular weight excluding hydrogens is 448 g/mol. The average Bonchev–Trinajstić information content (AvgIpc) is 3.54. The molecular formula is C29H33KNOP. The van der Waals surface area contributed by atoms with Crippen LogP contribution >= 0.6 is 7.92 Å². The quantitative estimate of drug-likeness (QED) is 0.385. The van der Waals surface area contributed by atoms with Gasteiger partial charge in [0, 0.05) is 13.2 Å². The zero-order valence-electron chi connectivity index (χ0n) is 20.3. The molecule has 4 heteroatoms. The van der Waals surface area contributed by atoms with Crippen LogP contribution in [0.25, 0.3) is 5.32 Å². The molecule has 1 fully saturated rings. The van der Waals surface area contributed by atoms with Gasteiger partial charge in [0.2, 0.25) is 0 Å². The van der Waals surface area contributed by atoms with Gasteiger partial charge < -0.3 is 10.1 Å². The van der Waals surface area contributed by atoms with Gasteiger partial charge in [-0.3, -0.25) is 0 Å². The maximum Gasteiger partial charge on any atom is 1.00 e. The third kappa shape index (κ3) is 7.35. The van der Waals surface area contributed by atoms with Gasteiger partial charge >= 0.3 is 51.4 Å². The zero-order chi connectivity index (χ0) is 22.2. The van der Waals surface area contributed by atoms with E-state index in [1.807, 2.05) is 0 Å². The van der Waals surface area contributed by atoms with Gasteiger partial charge in [-0.2, -0.15) is 5.70 Å². The normalized spacial score (nSPS) is 15.1. The Balaban J connectivity index is 0.000000453. The Morgan fingerprint density at radius 3 is 1.70 bits per heavy atom. The summed E-state index contributed by atoms with van der Waals surface area (Å²) < 4.78 is 4.94. The molecule has 0 N–H and O–H groups in total. The van der Waals surface area contributed by atoms with E-state index in [2.05, 4.69) is 92.7 Å². The maximum atomic E-state index is 5.21. The topological polar surface area (TPSA) is 23.3 Å². The summed E-state index contributed by atoms with van der Waals surface area (Å²) in [5, 5.41) is 9.59. The van der Waals surface area contributed by atoms with E-state index in [0.717, 1.165) is 31.7 Å². The Morgan fingerprint density at radius 2 is 1.21 bits per heavy atom. The van der Waals surface area contributed by atoms with Crippen LogP contribution in [0.3, 0.4) is 0 Å². The monoisotopic (exact) mass is 481 g/mol. The molecule has 3 aromatic rings. The van der Waals surface area contributed by atoms with Crippen molar-refractivity contribution in [2.75, 3.05) is 13.2 Å². The van der Waals surface area contributed by atoms with Crippen LogP contribution in [0, 0.1) is 13.8 Å². The molecule has 0 aromatic heterocycles. The van der Waals surface area contributed by atoms with Crippen molar-refractivity contribution in [3.05, 3.63) is 106 Å². The van der Waals surface area contributed by atoms with Crippen molar-refractivity contribution in [3.63, 3.8) is 0 Å². The summed E-state index contributed by atoms with van der Waals surface area (Å²) in [7, 11) is -0.521. The van der Waals surface area contributed by atoms with Crippen LogP contribution in [0.2, 0.25) is 0 Å². The molecule has 0 bridgehead atoms. The molecule has 0 saturated carbocycles. The number of hydrogen-bond acceptors (Lipinski definition) is 1. The summed E-state index contributed by atoms with van der Waals surface area (Å²) in [5.74, 6) is 0. The molecule has 2 aliphatic rings. The van der Waals surface area contributed by atoms with E-state index >= 15 is 0 Å². The van der Waals surface area contributed by atoms with Crippen LogP contribution in [-0.2, 0) is 4.74 Å². The molecule has 3 aromatic carbocycles. The summed E-state index contributed by atoms with van der Waals surface area (Å²) in [6.07, 6.45) is 6.00. The number of ether oxygens (including phenoxy) is 1. The molecule has 1 heterocycles. The van der Waals surface area contributed by atoms with E-state index in [9.17, 15) is 0 Å². The molecule has 0 unspecified atom stereocenters. The fraction of sp³-hybridized carbons (Fsp3) is 0.310. The number of hydrogen-bond donors (Lipinski definition) is 0. The first-order valence-corrected chi connectivity index (χ1v) is 13.1. The van der Waals surface area contributed by atoms with Crippen molar-refractivity contribution in [2.24, 2.45) is 0 Å². The summed E-state index contributed by atoms with van der Waals surface area (Å²) in [5.41, 5.74) is 4.99. The molecule has 0 amide bonds. The number of benzene rings is 3. The van der Waals surface area contributed by atoms with Crippen molar-refractivity contribution in [3.8, 4) is 0 Å². The van der Waals surface area contributed by atoms with Gasteiger partial charge in [0.25, 0.3) is 0 Å². The predicted octanol–water partition coefficient (Wildman–Crippen LogP) is 4.64. The van der Waals surface area contributed by atoms with Crippen LogP contribution < -0.4 is 62.0 Å². The molecule has 5 rings (SSSR count). The van der Waals surface area contributed by atoms with Crippen LogP contribution in [0.5, 0.6) is 0 Å². The predicted molar refractivity (Wildman–Crippen MR) is 139 cm³/mol. The molecule has 166 valence electrons. The summed E-state index contributed by atoms with van der Waals surface area (Å²) in [6.45, 7) is 6.33. The molecule has 1 saturated heterocycles. The van der Waals surface area contributed by atoms with Crippen LogP contribution in [0.1, 0.15) is 43.2 Å². The maximum absolute atomic E-state index is 5.21. The average molecular weight is 482 g/mol. The van der Waals surface area contributed by atoms with E-state index in [4.69, 9.17) is 10.1 Å². The fourth-order valence-corrected chi connectivity index (χ4v) is 6.98. The number of rotatable bonds is 5. The molecule has 0 spiro atoms. The van der Waals surface area contributed by atoms with Crippen LogP contribution in [0.4, 0.5) is 5.69 Å². The van der Waals surface area contributed by atoms with Crippen molar-refractivity contribution in [1.82, 2.24) is 0 Å². The molecule has 1 aliphatic heterocycles. The number of para-hydroxylation sites is 1. The fourth-order valence-electron chi connectivity index (χ4n) is 4.32. The summed E-state index contributed by atoms with van der Waals surface area (Å²) in [6, 6.07) is 28.4. The zero-order valence-corrected chi connectivity index (χ0v) is 24.3. The van der Waals surface area contributed by atoms with Crippen LogP contribution in [-0.4, -0.2) is 13.2 Å². The smallest absolute Gasteiger partial charge is 0.661 e. The standard InChI is InChI=1S/C25H25NP.C4H8O.K/c1-19-11-9-12-20(2)25(19)26-23-17-10-18-24(23)27(21-13-5-3-6-14-21)22-15-7-4-8-16-22;1-2-4-5-3-1;/h3-9,11-16H,10,17-18H2,1-2H3;1-4H2;/q-1;;+1. The molecule has 0 atom stereocenters. The van der Waals surface area contributed by atoms with Gasteiger partial charge in [0.1, 0.15) is 0 Å². The van der Waals surface area contributed by atoms with Crippen molar-refractivity contribution in [2.45, 2.75) is 46.0 Å². The third-order valence-corrected chi connectivity index (χ3v) is 8.62. The van der Waals surface area contributed by atoms with Gasteiger partial charge in [0.05, 0.1) is 0 Å². The van der Waals surface area contributed by atoms with E-state index < -0.39 is 7.92 Å². The van der Waals surface area contributed by atoms with Gasteiger partial charge in [-0.05, 0) is 64.5 Å². The Hall–Kier alpha value is -0.774. The first-order valence-electron chi connectivity index (χ1n) is 11.7. The minimum absolute atomic E-state index is 0. The minimum atomic E-state index is -0.521. The molecule has 0 radical (unpaired) electrons. The van der Waals surface area contributed by atoms with Gasteiger partial charge in [0.15, 0.2) is 0 Å². The Kier molecular flexibility index (Phi) is 11.3. The number of aryl methyl sites for hydroxylation is 2. The van der Waals surface area contributed by atoms with Crippen molar-refractivity contribution >= 4 is 24.2 Å². The molecule has 33 heavy (non-hydrogen) atoms. The Labute approximate surface area is 243 Å². The molecule has 1 aliphatic carbocycles. The third-order valence-electron chi connectivity index (χ3n) is 5.97. The second-order valence-corrected chi connectivity index (χ2v) is 10.7. The minimum Gasteiger partial charge on any atom is -0.661 e. The SMILES string of the molecule is C1CCOC1.Cc1cccc(C)c1[N-]C1=C(P(c2ccccc2)c2ccccc2)CCC1.[K+]. The van der Waals surface area contributed by atoms with Crippen LogP contribution in [0.15, 0.2) is 89.9 Å². The first-order chi connectivity index (χ1) is 15.7. The summed E-state index contributed by atoms with van der Waals surface area (Å²) >= 11 is 0. The summed E-state index contributed by atoms with van der Waals surface area (Å²) in [4.78, 5) is 0. The Bertz CT molecular complexity index is 965. The van der Waals surface area contributed by atoms with E-state index in [1.165, 1.54) is 46.7 Å². The van der Waals surface area contributed by atoms with E-state index in [-0.39, 0.29) is 51.4 Å². The molecule has 2 nitrogen and oxygen atoms in total. The van der Waals surface area contributed by atoms with Gasteiger partial charge in [-0.15, -0.1) is 5.69 Å². The number of allylic oxidation sites excluding steroid dienone is 2. The van der Waals surface area contributed by atoms with Crippen molar-refractivity contribution < 1.29 is 56.1 Å². The second kappa shape index (κ2) is 13.9. The van der Waals surface area contributed by atoms with Gasteiger partial charge in [-0.25, -0.2) is 0 Å². The Morgan fingerprint density at radius 1 is 0.667 bits per heavy atom. The second-order valence-electron chi connectivity index (χ2n) is 8.43. The van der Waals surface area contributed by atoms with E-state index in [0.29, 0.717) is 0 Å². The number of nitrogens with zero attached hydrogens (tertiary/aromatic N) is 1. The van der Waals surface area contributed by atoms with Gasteiger partial charge in [-0.1, -0.05) is 95.3 Å².